The van der Waals surface area contributed by atoms with Gasteiger partial charge in [-0.2, -0.15) is 0 Å². The second-order valence-electron chi connectivity index (χ2n) is 6.29. The Hall–Kier alpha value is -2.54. The number of ether oxygens (including phenoxy) is 2. The number of piperidine rings is 1. The highest BCUT2D eigenvalue weighted by Gasteiger charge is 2.24. The summed E-state index contributed by atoms with van der Waals surface area (Å²) < 4.78 is 10.2. The zero-order chi connectivity index (χ0) is 17.8. The summed E-state index contributed by atoms with van der Waals surface area (Å²) in [5, 5.41) is 3.57. The minimum atomic E-state index is -0.529. The molecular formula is C18H24N3O4+. The molecule has 0 radical (unpaired) electrons. The van der Waals surface area contributed by atoms with E-state index in [-0.39, 0.29) is 11.6 Å². The summed E-state index contributed by atoms with van der Waals surface area (Å²) in [6, 6.07) is 5.45. The number of aromatic nitrogens is 1. The molecule has 1 amide bonds. The van der Waals surface area contributed by atoms with Crippen molar-refractivity contribution in [1.29, 1.82) is 0 Å². The normalized spacial score (nSPS) is 15.1. The third-order valence-corrected chi connectivity index (χ3v) is 4.63. The Bertz CT molecular complexity index is 778. The van der Waals surface area contributed by atoms with Gasteiger partial charge < -0.3 is 24.7 Å². The Kier molecular flexibility index (Phi) is 5.23. The summed E-state index contributed by atoms with van der Waals surface area (Å²) in [7, 11) is 2.87. The number of rotatable bonds is 5. The second-order valence-corrected chi connectivity index (χ2v) is 6.29. The van der Waals surface area contributed by atoms with Crippen LogP contribution in [0.4, 0.5) is 5.69 Å². The number of esters is 1. The van der Waals surface area contributed by atoms with Crippen LogP contribution in [0.2, 0.25) is 0 Å². The first-order chi connectivity index (χ1) is 12.1. The molecule has 1 aliphatic rings. The van der Waals surface area contributed by atoms with E-state index >= 15 is 0 Å². The number of likely N-dealkylation sites (tertiary alicyclic amines) is 1. The number of nitrogens with one attached hydrogen (secondary N) is 3. The smallest absolute Gasteiger partial charge is 0.356 e. The maximum Gasteiger partial charge on any atom is 0.356 e. The van der Waals surface area contributed by atoms with E-state index < -0.39 is 5.97 Å². The van der Waals surface area contributed by atoms with Gasteiger partial charge in [0.1, 0.15) is 11.4 Å². The Morgan fingerprint density at radius 2 is 1.96 bits per heavy atom. The summed E-state index contributed by atoms with van der Waals surface area (Å²) in [5.74, 6) is -0.0581. The average molecular weight is 346 g/mol. The molecule has 2 aromatic rings. The number of methoxy groups -OCH3 is 2. The number of aromatic amines is 1. The number of hydrogen-bond donors (Lipinski definition) is 3. The molecule has 1 aromatic heterocycles. The summed E-state index contributed by atoms with van der Waals surface area (Å²) >= 11 is 0. The SMILES string of the molecule is COC(=O)c1[nH]c2cccc(OC)c2c1NC(=O)C[NH+]1CCCCC1. The molecule has 1 aliphatic heterocycles. The molecule has 0 unspecified atom stereocenters. The zero-order valence-corrected chi connectivity index (χ0v) is 14.6. The quantitative estimate of drug-likeness (QED) is 0.705. The van der Waals surface area contributed by atoms with Gasteiger partial charge in [0.2, 0.25) is 0 Å². The summed E-state index contributed by atoms with van der Waals surface area (Å²) in [6.07, 6.45) is 3.53. The van der Waals surface area contributed by atoms with Crippen LogP contribution in [-0.2, 0) is 9.53 Å². The maximum absolute atomic E-state index is 12.5. The summed E-state index contributed by atoms with van der Waals surface area (Å²) in [5.41, 5.74) is 1.35. The Morgan fingerprint density at radius 3 is 2.64 bits per heavy atom. The number of carbonyl (C=O) groups excluding carboxylic acids is 2. The number of anilines is 1. The zero-order valence-electron chi connectivity index (χ0n) is 14.6. The lowest BCUT2D eigenvalue weighted by molar-refractivity contribution is -0.896. The van der Waals surface area contributed by atoms with Crippen molar-refractivity contribution in [2.45, 2.75) is 19.3 Å². The molecule has 25 heavy (non-hydrogen) atoms. The van der Waals surface area contributed by atoms with E-state index in [2.05, 4.69) is 10.3 Å². The molecule has 1 fully saturated rings. The molecule has 0 saturated carbocycles. The molecule has 7 heteroatoms. The average Bonchev–Trinajstić information content (AvgIpc) is 3.00. The number of amides is 1. The predicted octanol–water partition coefficient (Wildman–Crippen LogP) is 0.970. The van der Waals surface area contributed by atoms with Crippen molar-refractivity contribution < 1.29 is 24.0 Å². The van der Waals surface area contributed by atoms with Gasteiger partial charge in [-0.15, -0.1) is 0 Å². The van der Waals surface area contributed by atoms with E-state index in [1.807, 2.05) is 12.1 Å². The van der Waals surface area contributed by atoms with E-state index in [1.54, 1.807) is 13.2 Å². The van der Waals surface area contributed by atoms with Crippen molar-refractivity contribution in [3.63, 3.8) is 0 Å². The fraction of sp³-hybridized carbons (Fsp3) is 0.444. The number of benzene rings is 1. The molecule has 7 nitrogen and oxygen atoms in total. The van der Waals surface area contributed by atoms with Gasteiger partial charge in [0.05, 0.1) is 43.9 Å². The van der Waals surface area contributed by atoms with Crippen LogP contribution in [0.3, 0.4) is 0 Å². The third kappa shape index (κ3) is 3.61. The molecule has 0 bridgehead atoms. The molecule has 3 rings (SSSR count). The molecule has 1 saturated heterocycles. The van der Waals surface area contributed by atoms with Gasteiger partial charge in [-0.1, -0.05) is 6.07 Å². The minimum Gasteiger partial charge on any atom is -0.496 e. The largest absolute Gasteiger partial charge is 0.496 e. The Balaban J connectivity index is 1.92. The van der Waals surface area contributed by atoms with Crippen molar-refractivity contribution in [1.82, 2.24) is 4.98 Å². The molecule has 0 atom stereocenters. The van der Waals surface area contributed by atoms with Crippen LogP contribution in [0.1, 0.15) is 29.8 Å². The number of fused-ring (bicyclic) bond motifs is 1. The standard InChI is InChI=1S/C18H23N3O4/c1-24-13-8-6-7-12-15(13)16(17(19-12)18(23)25-2)20-14(22)11-21-9-4-3-5-10-21/h6-8,19H,3-5,9-11H2,1-2H3,(H,20,22)/p+1. The van der Waals surface area contributed by atoms with Gasteiger partial charge >= 0.3 is 5.97 Å². The monoisotopic (exact) mass is 346 g/mol. The minimum absolute atomic E-state index is 0.117. The van der Waals surface area contributed by atoms with Crippen molar-refractivity contribution in [3.05, 3.63) is 23.9 Å². The number of hydrogen-bond acceptors (Lipinski definition) is 4. The van der Waals surface area contributed by atoms with E-state index in [9.17, 15) is 9.59 Å². The number of quaternary nitrogens is 1. The highest BCUT2D eigenvalue weighted by Crippen LogP contribution is 2.35. The van der Waals surface area contributed by atoms with Crippen LogP contribution >= 0.6 is 0 Å². The van der Waals surface area contributed by atoms with Gasteiger partial charge in [0.25, 0.3) is 5.91 Å². The molecule has 0 aliphatic carbocycles. The van der Waals surface area contributed by atoms with Gasteiger partial charge in [-0.05, 0) is 31.4 Å². The topological polar surface area (TPSA) is 84.9 Å². The van der Waals surface area contributed by atoms with E-state index in [0.717, 1.165) is 25.9 Å². The lowest BCUT2D eigenvalue weighted by atomic mass is 10.1. The highest BCUT2D eigenvalue weighted by molar-refractivity contribution is 6.13. The van der Waals surface area contributed by atoms with Crippen LogP contribution < -0.4 is 15.0 Å². The predicted molar refractivity (Wildman–Crippen MR) is 94.2 cm³/mol. The first-order valence-electron chi connectivity index (χ1n) is 8.54. The summed E-state index contributed by atoms with van der Waals surface area (Å²) in [6.45, 7) is 2.41. The van der Waals surface area contributed by atoms with Gasteiger partial charge in [-0.3, -0.25) is 4.79 Å². The number of H-pyrrole nitrogens is 1. The van der Waals surface area contributed by atoms with Crippen LogP contribution in [0.5, 0.6) is 5.75 Å². The maximum atomic E-state index is 12.5. The van der Waals surface area contributed by atoms with Gasteiger partial charge in [0.15, 0.2) is 6.54 Å². The fourth-order valence-corrected chi connectivity index (χ4v) is 3.40. The van der Waals surface area contributed by atoms with E-state index in [1.165, 1.54) is 18.4 Å². The molecule has 3 N–H and O–H groups in total. The van der Waals surface area contributed by atoms with Crippen molar-refractivity contribution >= 4 is 28.5 Å². The first kappa shape index (κ1) is 17.3. The third-order valence-electron chi connectivity index (χ3n) is 4.63. The molecule has 1 aromatic carbocycles. The lowest BCUT2D eigenvalue weighted by Crippen LogP contribution is -3.13. The van der Waals surface area contributed by atoms with Crippen LogP contribution in [0.25, 0.3) is 10.9 Å². The van der Waals surface area contributed by atoms with Crippen LogP contribution in [0.15, 0.2) is 18.2 Å². The van der Waals surface area contributed by atoms with Crippen molar-refractivity contribution in [2.24, 2.45) is 0 Å². The van der Waals surface area contributed by atoms with Crippen molar-refractivity contribution in [3.8, 4) is 5.75 Å². The van der Waals surface area contributed by atoms with Crippen molar-refractivity contribution in [2.75, 3.05) is 39.2 Å². The molecular weight excluding hydrogens is 322 g/mol. The highest BCUT2D eigenvalue weighted by atomic mass is 16.5. The van der Waals surface area contributed by atoms with E-state index in [4.69, 9.17) is 9.47 Å². The summed E-state index contributed by atoms with van der Waals surface area (Å²) in [4.78, 5) is 29.0. The van der Waals surface area contributed by atoms with Gasteiger partial charge in [-0.25, -0.2) is 4.79 Å². The molecule has 0 spiro atoms. The van der Waals surface area contributed by atoms with E-state index in [0.29, 0.717) is 28.9 Å². The Labute approximate surface area is 146 Å². The fourth-order valence-electron chi connectivity index (χ4n) is 3.40. The molecule has 134 valence electrons. The van der Waals surface area contributed by atoms with Gasteiger partial charge in [0, 0.05) is 0 Å². The van der Waals surface area contributed by atoms with Crippen LogP contribution in [0, 0.1) is 0 Å². The number of carbonyl (C=O) groups is 2. The van der Waals surface area contributed by atoms with Crippen LogP contribution in [-0.4, -0.2) is 50.7 Å². The lowest BCUT2D eigenvalue weighted by Gasteiger charge is -2.22. The second kappa shape index (κ2) is 7.57. The Morgan fingerprint density at radius 1 is 1.20 bits per heavy atom. The first-order valence-corrected chi connectivity index (χ1v) is 8.54. The molecule has 2 heterocycles.